The first-order valence-corrected chi connectivity index (χ1v) is 10.3. The third kappa shape index (κ3) is 5.14. The molecule has 2 aromatic rings. The van der Waals surface area contributed by atoms with Gasteiger partial charge in [0.2, 0.25) is 5.91 Å². The number of fused-ring (bicyclic) bond motifs is 1. The Balaban J connectivity index is 1.78. The number of hydrogen-bond acceptors (Lipinski definition) is 5. The van der Waals surface area contributed by atoms with E-state index in [1.807, 2.05) is 0 Å². The molecule has 0 bridgehead atoms. The molecule has 1 aromatic heterocycles. The first-order valence-electron chi connectivity index (χ1n) is 9.49. The lowest BCUT2D eigenvalue weighted by Crippen LogP contribution is -2.20. The van der Waals surface area contributed by atoms with Gasteiger partial charge in [0.25, 0.3) is 5.91 Å². The number of anilines is 2. The van der Waals surface area contributed by atoms with Crippen LogP contribution in [0, 0.1) is 5.92 Å². The highest BCUT2D eigenvalue weighted by Crippen LogP contribution is 2.39. The molecule has 1 aliphatic carbocycles. The van der Waals surface area contributed by atoms with Crippen molar-refractivity contribution in [3.8, 4) is 5.75 Å². The number of hydrogen-bond donors (Lipinski definition) is 3. The molecule has 1 aliphatic rings. The SMILES string of the molecule is COc1cccc(NC(=O)c2c(NC(=O)C[C@@H](C)CC(=O)O)sc3c2CCC3)c1. The van der Waals surface area contributed by atoms with Crippen LogP contribution in [0.1, 0.15) is 47.0 Å². The van der Waals surface area contributed by atoms with Crippen molar-refractivity contribution in [2.75, 3.05) is 17.7 Å². The molecular formula is C21H24N2O5S. The van der Waals surface area contributed by atoms with Gasteiger partial charge in [-0.05, 0) is 42.9 Å². The summed E-state index contributed by atoms with van der Waals surface area (Å²) in [6, 6.07) is 7.09. The molecular weight excluding hydrogens is 392 g/mol. The standard InChI is InChI=1S/C21H24N2O5S/c1-12(10-18(25)26)9-17(24)23-21-19(15-7-4-8-16(15)29-21)20(27)22-13-5-3-6-14(11-13)28-2/h3,5-6,11-12H,4,7-10H2,1-2H3,(H,22,27)(H,23,24)(H,25,26)/t12-/m1/s1. The molecule has 3 N–H and O–H groups in total. The van der Waals surface area contributed by atoms with E-state index in [-0.39, 0.29) is 30.6 Å². The summed E-state index contributed by atoms with van der Waals surface area (Å²) in [7, 11) is 1.56. The number of benzene rings is 1. The van der Waals surface area contributed by atoms with Gasteiger partial charge in [0.05, 0.1) is 12.7 Å². The molecule has 3 rings (SSSR count). The van der Waals surface area contributed by atoms with E-state index >= 15 is 0 Å². The van der Waals surface area contributed by atoms with Crippen molar-refractivity contribution in [1.29, 1.82) is 0 Å². The maximum atomic E-state index is 13.0. The summed E-state index contributed by atoms with van der Waals surface area (Å²) in [5, 5.41) is 15.1. The Morgan fingerprint density at radius 3 is 2.72 bits per heavy atom. The Labute approximate surface area is 173 Å². The van der Waals surface area contributed by atoms with Gasteiger partial charge < -0.3 is 20.5 Å². The largest absolute Gasteiger partial charge is 0.497 e. The second kappa shape index (κ2) is 9.09. The number of aryl methyl sites for hydroxylation is 1. The van der Waals surface area contributed by atoms with Crippen LogP contribution >= 0.6 is 11.3 Å². The number of carboxylic acids is 1. The average molecular weight is 416 g/mol. The van der Waals surface area contributed by atoms with Crippen LogP contribution in [0.25, 0.3) is 0 Å². The van der Waals surface area contributed by atoms with E-state index in [0.29, 0.717) is 22.0 Å². The fourth-order valence-electron chi connectivity index (χ4n) is 3.49. The second-order valence-corrected chi connectivity index (χ2v) is 8.31. The van der Waals surface area contributed by atoms with Crippen LogP contribution < -0.4 is 15.4 Å². The molecule has 2 amide bonds. The first-order chi connectivity index (χ1) is 13.9. The van der Waals surface area contributed by atoms with E-state index in [1.165, 1.54) is 11.3 Å². The number of nitrogens with one attached hydrogen (secondary N) is 2. The van der Waals surface area contributed by atoms with E-state index in [4.69, 9.17) is 9.84 Å². The van der Waals surface area contributed by atoms with Crippen LogP contribution in [0.4, 0.5) is 10.7 Å². The number of aliphatic carboxylic acids is 1. The first kappa shape index (κ1) is 20.9. The fraction of sp³-hybridized carbons (Fsp3) is 0.381. The average Bonchev–Trinajstić information content (AvgIpc) is 3.21. The van der Waals surface area contributed by atoms with Gasteiger partial charge >= 0.3 is 5.97 Å². The predicted octanol–water partition coefficient (Wildman–Crippen LogP) is 3.94. The zero-order valence-electron chi connectivity index (χ0n) is 16.4. The number of carbonyl (C=O) groups excluding carboxylic acids is 2. The van der Waals surface area contributed by atoms with E-state index in [0.717, 1.165) is 29.7 Å². The summed E-state index contributed by atoms with van der Waals surface area (Å²) < 4.78 is 5.19. The molecule has 0 saturated carbocycles. The van der Waals surface area contributed by atoms with Crippen LogP contribution in [0.3, 0.4) is 0 Å². The molecule has 154 valence electrons. The molecule has 1 heterocycles. The molecule has 1 atom stereocenters. The zero-order chi connectivity index (χ0) is 21.0. The van der Waals surface area contributed by atoms with Crippen LogP contribution in [0.15, 0.2) is 24.3 Å². The number of methoxy groups -OCH3 is 1. The summed E-state index contributed by atoms with van der Waals surface area (Å²) in [6.07, 6.45) is 2.70. The number of thiophene rings is 1. The quantitative estimate of drug-likeness (QED) is 0.605. The number of ether oxygens (including phenoxy) is 1. The van der Waals surface area contributed by atoms with Gasteiger partial charge in [-0.25, -0.2) is 0 Å². The molecule has 0 saturated heterocycles. The van der Waals surface area contributed by atoms with Gasteiger partial charge in [-0.3, -0.25) is 14.4 Å². The molecule has 7 nitrogen and oxygen atoms in total. The molecule has 29 heavy (non-hydrogen) atoms. The Morgan fingerprint density at radius 2 is 2.00 bits per heavy atom. The lowest BCUT2D eigenvalue weighted by atomic mass is 10.0. The highest BCUT2D eigenvalue weighted by molar-refractivity contribution is 7.17. The van der Waals surface area contributed by atoms with E-state index in [2.05, 4.69) is 10.6 Å². The highest BCUT2D eigenvalue weighted by Gasteiger charge is 2.28. The predicted molar refractivity (Wildman–Crippen MR) is 112 cm³/mol. The number of carboxylic acid groups (broad SMARTS) is 1. The highest BCUT2D eigenvalue weighted by atomic mass is 32.1. The summed E-state index contributed by atoms with van der Waals surface area (Å²) >= 11 is 1.43. The molecule has 8 heteroatoms. The number of rotatable bonds is 8. The lowest BCUT2D eigenvalue weighted by Gasteiger charge is -2.12. The van der Waals surface area contributed by atoms with Gasteiger partial charge in [-0.2, -0.15) is 0 Å². The number of carbonyl (C=O) groups is 3. The Hall–Kier alpha value is -2.87. The van der Waals surface area contributed by atoms with Crippen molar-refractivity contribution in [3.05, 3.63) is 40.3 Å². The molecule has 0 radical (unpaired) electrons. The van der Waals surface area contributed by atoms with Gasteiger partial charge in [0.1, 0.15) is 10.8 Å². The maximum Gasteiger partial charge on any atom is 0.303 e. The van der Waals surface area contributed by atoms with Gasteiger partial charge in [-0.15, -0.1) is 11.3 Å². The molecule has 1 aromatic carbocycles. The minimum Gasteiger partial charge on any atom is -0.497 e. The van der Waals surface area contributed by atoms with E-state index in [1.54, 1.807) is 38.3 Å². The van der Waals surface area contributed by atoms with E-state index in [9.17, 15) is 14.4 Å². The summed E-state index contributed by atoms with van der Waals surface area (Å²) in [6.45, 7) is 1.72. The fourth-order valence-corrected chi connectivity index (χ4v) is 4.79. The van der Waals surface area contributed by atoms with Crippen molar-refractivity contribution >= 4 is 39.8 Å². The normalized spacial score (nSPS) is 13.4. The minimum atomic E-state index is -0.932. The third-order valence-corrected chi connectivity index (χ3v) is 5.99. The minimum absolute atomic E-state index is 0.0719. The Morgan fingerprint density at radius 1 is 1.21 bits per heavy atom. The monoisotopic (exact) mass is 416 g/mol. The lowest BCUT2D eigenvalue weighted by molar-refractivity contribution is -0.138. The van der Waals surface area contributed by atoms with Crippen molar-refractivity contribution < 1.29 is 24.2 Å². The maximum absolute atomic E-state index is 13.0. The molecule has 0 fully saturated rings. The van der Waals surface area contributed by atoms with E-state index < -0.39 is 5.97 Å². The molecule has 0 unspecified atom stereocenters. The van der Waals surface area contributed by atoms with Crippen LogP contribution in [0.5, 0.6) is 5.75 Å². The summed E-state index contributed by atoms with van der Waals surface area (Å²) in [5.41, 5.74) is 2.11. The van der Waals surface area contributed by atoms with Crippen molar-refractivity contribution in [2.24, 2.45) is 5.92 Å². The zero-order valence-corrected chi connectivity index (χ0v) is 17.2. The Bertz CT molecular complexity index is 937. The summed E-state index contributed by atoms with van der Waals surface area (Å²) in [5.74, 6) is -1.13. The third-order valence-electron chi connectivity index (χ3n) is 4.79. The molecule has 0 spiro atoms. The Kier molecular flexibility index (Phi) is 6.53. The topological polar surface area (TPSA) is 105 Å². The number of amides is 2. The van der Waals surface area contributed by atoms with Crippen LogP contribution in [-0.4, -0.2) is 30.0 Å². The van der Waals surface area contributed by atoms with Gasteiger partial charge in [0.15, 0.2) is 0 Å². The summed E-state index contributed by atoms with van der Waals surface area (Å²) in [4.78, 5) is 37.4. The smallest absolute Gasteiger partial charge is 0.303 e. The van der Waals surface area contributed by atoms with Crippen molar-refractivity contribution in [1.82, 2.24) is 0 Å². The van der Waals surface area contributed by atoms with Crippen LogP contribution in [0.2, 0.25) is 0 Å². The van der Waals surface area contributed by atoms with Gasteiger partial charge in [-0.1, -0.05) is 13.0 Å². The molecule has 0 aliphatic heterocycles. The van der Waals surface area contributed by atoms with Crippen molar-refractivity contribution in [3.63, 3.8) is 0 Å². The van der Waals surface area contributed by atoms with Gasteiger partial charge in [0, 0.05) is 29.5 Å². The van der Waals surface area contributed by atoms with Crippen LogP contribution in [-0.2, 0) is 22.4 Å². The van der Waals surface area contributed by atoms with Crippen molar-refractivity contribution in [2.45, 2.75) is 39.0 Å². The second-order valence-electron chi connectivity index (χ2n) is 7.20.